The molecule has 1 aromatic carbocycles. The van der Waals surface area contributed by atoms with E-state index in [1.807, 2.05) is 0 Å². The molecule has 1 saturated heterocycles. The van der Waals surface area contributed by atoms with E-state index in [1.54, 1.807) is 30.9 Å². The Labute approximate surface area is 255 Å². The van der Waals surface area contributed by atoms with Crippen LogP contribution in [0.2, 0.25) is 0 Å². The van der Waals surface area contributed by atoms with E-state index >= 15 is 0 Å². The van der Waals surface area contributed by atoms with Crippen LogP contribution in [0.15, 0.2) is 53.3 Å². The van der Waals surface area contributed by atoms with Crippen LogP contribution >= 0.6 is 0 Å². The minimum Gasteiger partial charge on any atom is -0.379 e. The van der Waals surface area contributed by atoms with E-state index < -0.39 is 34.9 Å². The first-order chi connectivity index (χ1) is 21.6. The fourth-order valence-corrected chi connectivity index (χ4v) is 4.65. The first-order valence-electron chi connectivity index (χ1n) is 13.8. The summed E-state index contributed by atoms with van der Waals surface area (Å²) in [5.74, 6) is -4.76. The molecule has 0 unspecified atom stereocenters. The van der Waals surface area contributed by atoms with Gasteiger partial charge >= 0.3 is 0 Å². The van der Waals surface area contributed by atoms with Gasteiger partial charge in [-0.25, -0.2) is 8.78 Å². The predicted octanol–water partition coefficient (Wildman–Crippen LogP) is 2.45. The van der Waals surface area contributed by atoms with Crippen molar-refractivity contribution in [3.63, 3.8) is 0 Å². The maximum absolute atomic E-state index is 13.9. The van der Waals surface area contributed by atoms with Crippen LogP contribution < -0.4 is 21.3 Å². The number of aryl methyl sites for hydroxylation is 2. The number of ether oxygens (including phenoxy) is 1. The Hall–Kier alpha value is -5.35. The van der Waals surface area contributed by atoms with E-state index in [2.05, 4.69) is 31.3 Å². The molecular weight excluding hydrogens is 594 g/mol. The number of halogens is 2. The summed E-state index contributed by atoms with van der Waals surface area (Å²) in [4.78, 5) is 52.9. The molecule has 3 aromatic heterocycles. The summed E-state index contributed by atoms with van der Waals surface area (Å²) < 4.78 is 40.4. The number of nitrogens with zero attached hydrogens (tertiary/aromatic N) is 4. The van der Waals surface area contributed by atoms with Crippen LogP contribution in [0.5, 0.6) is 0 Å². The largest absolute Gasteiger partial charge is 0.379 e. The highest BCUT2D eigenvalue weighted by molar-refractivity contribution is 6.08. The van der Waals surface area contributed by atoms with Crippen molar-refractivity contribution in [2.45, 2.75) is 0 Å². The van der Waals surface area contributed by atoms with Crippen molar-refractivity contribution in [2.75, 3.05) is 55.3 Å². The number of benzene rings is 1. The number of rotatable bonds is 10. The van der Waals surface area contributed by atoms with Crippen molar-refractivity contribution in [1.29, 1.82) is 0 Å². The quantitative estimate of drug-likeness (QED) is 0.209. The Balaban J connectivity index is 1.15. The van der Waals surface area contributed by atoms with E-state index in [1.165, 1.54) is 16.8 Å². The smallest absolute Gasteiger partial charge is 0.294 e. The third-order valence-electron chi connectivity index (χ3n) is 6.96. The second kappa shape index (κ2) is 13.5. The van der Waals surface area contributed by atoms with Crippen molar-refractivity contribution in [2.24, 2.45) is 14.1 Å². The molecule has 236 valence electrons. The number of morpholine rings is 1. The molecule has 4 heterocycles. The third kappa shape index (κ3) is 7.60. The molecule has 5 rings (SSSR count). The van der Waals surface area contributed by atoms with E-state index in [-0.39, 0.29) is 28.9 Å². The lowest BCUT2D eigenvalue weighted by Crippen LogP contribution is -2.41. The summed E-state index contributed by atoms with van der Waals surface area (Å²) in [6.07, 6.45) is 3.12. The molecule has 1 aliphatic rings. The van der Waals surface area contributed by atoms with Gasteiger partial charge in [-0.05, 0) is 24.3 Å². The van der Waals surface area contributed by atoms with Gasteiger partial charge < -0.3 is 39.7 Å². The lowest BCUT2D eigenvalue weighted by atomic mass is 10.2. The Morgan fingerprint density at radius 1 is 0.822 bits per heavy atom. The molecule has 4 N–H and O–H groups in total. The molecule has 14 nitrogen and oxygen atoms in total. The lowest BCUT2D eigenvalue weighted by Gasteiger charge is -2.26. The van der Waals surface area contributed by atoms with Crippen molar-refractivity contribution in [1.82, 2.24) is 24.5 Å². The summed E-state index contributed by atoms with van der Waals surface area (Å²) in [6.45, 7) is 4.19. The fraction of sp³-hybridized carbons (Fsp3) is 0.276. The zero-order chi connectivity index (χ0) is 32.1. The second-order valence-electron chi connectivity index (χ2n) is 10.2. The number of carbonyl (C=O) groups excluding carboxylic acids is 4. The van der Waals surface area contributed by atoms with Crippen molar-refractivity contribution in [3.8, 4) is 0 Å². The molecule has 0 saturated carbocycles. The molecule has 0 atom stereocenters. The molecule has 0 bridgehead atoms. The molecule has 0 radical (unpaired) electrons. The van der Waals surface area contributed by atoms with Crippen LogP contribution in [-0.4, -0.2) is 82.2 Å². The van der Waals surface area contributed by atoms with Crippen LogP contribution in [0.25, 0.3) is 0 Å². The Kier molecular flexibility index (Phi) is 9.34. The van der Waals surface area contributed by atoms with Gasteiger partial charge in [0.2, 0.25) is 5.76 Å². The van der Waals surface area contributed by atoms with Crippen LogP contribution in [-0.2, 0) is 18.8 Å². The van der Waals surface area contributed by atoms with Crippen LogP contribution in [0.3, 0.4) is 0 Å². The van der Waals surface area contributed by atoms with Gasteiger partial charge in [0.1, 0.15) is 23.0 Å². The summed E-state index contributed by atoms with van der Waals surface area (Å²) >= 11 is 0. The molecule has 4 amide bonds. The van der Waals surface area contributed by atoms with Gasteiger partial charge in [-0.1, -0.05) is 5.16 Å². The van der Waals surface area contributed by atoms with E-state index in [0.717, 1.165) is 31.3 Å². The van der Waals surface area contributed by atoms with Crippen molar-refractivity contribution < 1.29 is 37.2 Å². The number of carbonyl (C=O) groups is 4. The first kappa shape index (κ1) is 31.1. The zero-order valence-electron chi connectivity index (χ0n) is 24.4. The summed E-state index contributed by atoms with van der Waals surface area (Å²) in [5, 5.41) is 14.1. The highest BCUT2D eigenvalue weighted by Crippen LogP contribution is 2.19. The topological polar surface area (TPSA) is 165 Å². The standard InChI is InChI=1S/C29H30F2N8O6/c1-37-15-18(12-22(37)27(41)32-5-6-39-7-9-44-10-8-39)33-28(42)23-13-19(16-38(23)2)34-29(43)24-14-25(36-45-24)35-26(40)20-4-3-17(30)11-21(20)31/h3-4,11-16H,5-10H2,1-2H3,(H,32,41)(H,33,42)(H,34,43)(H,35,36,40). The molecule has 0 aliphatic carbocycles. The van der Waals surface area contributed by atoms with E-state index in [9.17, 15) is 28.0 Å². The summed E-state index contributed by atoms with van der Waals surface area (Å²) in [5.41, 5.74) is 0.825. The molecule has 1 fully saturated rings. The monoisotopic (exact) mass is 624 g/mol. The predicted molar refractivity (Wildman–Crippen MR) is 157 cm³/mol. The number of aromatic nitrogens is 3. The van der Waals surface area contributed by atoms with Gasteiger partial charge in [0.15, 0.2) is 5.82 Å². The van der Waals surface area contributed by atoms with Crippen LogP contribution in [0.4, 0.5) is 26.0 Å². The Bertz CT molecular complexity index is 1740. The molecule has 45 heavy (non-hydrogen) atoms. The zero-order valence-corrected chi connectivity index (χ0v) is 24.4. The Morgan fingerprint density at radius 3 is 2.13 bits per heavy atom. The fourth-order valence-electron chi connectivity index (χ4n) is 4.65. The van der Waals surface area contributed by atoms with Gasteiger partial charge in [-0.3, -0.25) is 24.1 Å². The molecule has 16 heteroatoms. The average Bonchev–Trinajstić information content (AvgIpc) is 3.71. The number of amides is 4. The number of hydrogen-bond acceptors (Lipinski definition) is 8. The highest BCUT2D eigenvalue weighted by atomic mass is 19.1. The summed E-state index contributed by atoms with van der Waals surface area (Å²) in [6, 6.07) is 6.59. The van der Waals surface area contributed by atoms with Crippen molar-refractivity contribution in [3.05, 3.63) is 83.1 Å². The highest BCUT2D eigenvalue weighted by Gasteiger charge is 2.20. The third-order valence-corrected chi connectivity index (χ3v) is 6.96. The van der Waals surface area contributed by atoms with Crippen LogP contribution in [0, 0.1) is 11.6 Å². The molecule has 1 aliphatic heterocycles. The van der Waals surface area contributed by atoms with E-state index in [4.69, 9.17) is 9.26 Å². The first-order valence-corrected chi connectivity index (χ1v) is 13.8. The SMILES string of the molecule is Cn1cc(NC(=O)c2cc(NC(=O)c3cc(NC(=O)c4ccc(F)cc4F)no3)cn2C)cc1C(=O)NCCN1CCOCC1. The van der Waals surface area contributed by atoms with Gasteiger partial charge in [0.25, 0.3) is 23.6 Å². The molecule has 0 spiro atoms. The lowest BCUT2D eigenvalue weighted by molar-refractivity contribution is 0.0383. The van der Waals surface area contributed by atoms with Gasteiger partial charge in [-0.15, -0.1) is 0 Å². The van der Waals surface area contributed by atoms with Crippen molar-refractivity contribution >= 4 is 40.8 Å². The van der Waals surface area contributed by atoms with Crippen LogP contribution in [0.1, 0.15) is 41.9 Å². The molecule has 4 aromatic rings. The number of anilines is 3. The van der Waals surface area contributed by atoms with E-state index in [0.29, 0.717) is 43.8 Å². The molecular formula is C29H30F2N8O6. The number of nitrogens with one attached hydrogen (secondary N) is 4. The maximum atomic E-state index is 13.9. The van der Waals surface area contributed by atoms with Gasteiger partial charge in [0.05, 0.1) is 30.2 Å². The Morgan fingerprint density at radius 2 is 1.47 bits per heavy atom. The minimum absolute atomic E-state index is 0.171. The second-order valence-corrected chi connectivity index (χ2v) is 10.2. The minimum atomic E-state index is -1.06. The van der Waals surface area contributed by atoms with Gasteiger partial charge in [0, 0.05) is 64.8 Å². The normalized spacial score (nSPS) is 13.3. The number of hydrogen-bond donors (Lipinski definition) is 4. The average molecular weight is 625 g/mol. The summed E-state index contributed by atoms with van der Waals surface area (Å²) in [7, 11) is 3.31. The maximum Gasteiger partial charge on any atom is 0.294 e. The van der Waals surface area contributed by atoms with Gasteiger partial charge in [-0.2, -0.15) is 0 Å².